The molecule has 0 spiro atoms. The number of nitrogens with one attached hydrogen (secondary N) is 1. The minimum Gasteiger partial charge on any atom is -0.388 e. The molecule has 0 radical (unpaired) electrons. The van der Waals surface area contributed by atoms with E-state index in [1.807, 2.05) is 24.3 Å². The number of anilines is 1. The largest absolute Gasteiger partial charge is 0.388 e. The van der Waals surface area contributed by atoms with Gasteiger partial charge in [-0.1, -0.05) is 15.9 Å². The van der Waals surface area contributed by atoms with Crippen LogP contribution < -0.4 is 5.32 Å². The highest BCUT2D eigenvalue weighted by atomic mass is 79.9. The van der Waals surface area contributed by atoms with Gasteiger partial charge in [-0.15, -0.1) is 0 Å². The van der Waals surface area contributed by atoms with Crippen LogP contribution in [0.1, 0.15) is 6.92 Å². The van der Waals surface area contributed by atoms with E-state index in [1.54, 1.807) is 6.92 Å². The van der Waals surface area contributed by atoms with E-state index in [9.17, 15) is 15.3 Å². The highest BCUT2D eigenvalue weighted by Gasteiger charge is 2.41. The number of hydrogen-bond donors (Lipinski definition) is 4. The highest BCUT2D eigenvalue weighted by Crippen LogP contribution is 2.23. The highest BCUT2D eigenvalue weighted by molar-refractivity contribution is 9.10. The Morgan fingerprint density at radius 3 is 2.28 bits per heavy atom. The van der Waals surface area contributed by atoms with Crippen molar-refractivity contribution < 1.29 is 20.1 Å². The second-order valence-corrected chi connectivity index (χ2v) is 5.30. The van der Waals surface area contributed by atoms with Crippen molar-refractivity contribution >= 4 is 21.6 Å². The van der Waals surface area contributed by atoms with Crippen molar-refractivity contribution in [2.75, 3.05) is 5.32 Å². The molecule has 1 heterocycles. The topological polar surface area (TPSA) is 82.0 Å². The summed E-state index contributed by atoms with van der Waals surface area (Å²) >= 11 is 3.33. The maximum atomic E-state index is 9.83. The van der Waals surface area contributed by atoms with Crippen LogP contribution in [0.2, 0.25) is 0 Å². The molecular weight excluding hydrogens is 302 g/mol. The zero-order valence-electron chi connectivity index (χ0n) is 9.82. The van der Waals surface area contributed by atoms with Crippen LogP contribution in [0.3, 0.4) is 0 Å². The molecule has 0 aliphatic carbocycles. The number of benzene rings is 1. The van der Waals surface area contributed by atoms with Crippen molar-refractivity contribution in [1.82, 2.24) is 0 Å². The Bertz CT molecular complexity index is 400. The first-order valence-electron chi connectivity index (χ1n) is 5.71. The molecule has 0 aromatic heterocycles. The summed E-state index contributed by atoms with van der Waals surface area (Å²) in [6, 6.07) is 7.35. The van der Waals surface area contributed by atoms with Gasteiger partial charge in [0.2, 0.25) is 0 Å². The van der Waals surface area contributed by atoms with Crippen LogP contribution in [0.5, 0.6) is 0 Å². The molecule has 5 nitrogen and oxygen atoms in total. The molecular formula is C12H16BrNO4. The van der Waals surface area contributed by atoms with Gasteiger partial charge in [0.1, 0.15) is 18.3 Å². The van der Waals surface area contributed by atoms with E-state index in [-0.39, 0.29) is 0 Å². The van der Waals surface area contributed by atoms with Crippen LogP contribution >= 0.6 is 15.9 Å². The van der Waals surface area contributed by atoms with E-state index in [4.69, 9.17) is 4.74 Å². The lowest BCUT2D eigenvalue weighted by atomic mass is 9.99. The molecule has 0 saturated carbocycles. The Morgan fingerprint density at radius 2 is 1.67 bits per heavy atom. The fraction of sp³-hybridized carbons (Fsp3) is 0.500. The van der Waals surface area contributed by atoms with Gasteiger partial charge < -0.3 is 25.4 Å². The van der Waals surface area contributed by atoms with Crippen LogP contribution in [0.25, 0.3) is 0 Å². The molecule has 0 bridgehead atoms. The van der Waals surface area contributed by atoms with Crippen LogP contribution in [-0.4, -0.2) is 46.0 Å². The Morgan fingerprint density at radius 1 is 1.06 bits per heavy atom. The zero-order chi connectivity index (χ0) is 13.3. The Kier molecular flexibility index (Phi) is 4.24. The minimum absolute atomic E-state index is 0.545. The number of aliphatic hydroxyl groups excluding tert-OH is 3. The van der Waals surface area contributed by atoms with E-state index < -0.39 is 30.6 Å². The quantitative estimate of drug-likeness (QED) is 0.645. The maximum absolute atomic E-state index is 9.83. The molecule has 6 heteroatoms. The fourth-order valence-electron chi connectivity index (χ4n) is 1.88. The van der Waals surface area contributed by atoms with Crippen LogP contribution in [0.15, 0.2) is 28.7 Å². The standard InChI is InChI=1S/C12H16BrNO4/c1-6-9(15)10(16)11(17)12(18-6)14-8-4-2-7(13)3-5-8/h2-6,9-12,14-17H,1H3/t6-,9-,10-,11-,12+/m0/s1. The summed E-state index contributed by atoms with van der Waals surface area (Å²) in [5, 5.41) is 32.1. The van der Waals surface area contributed by atoms with Gasteiger partial charge in [-0.2, -0.15) is 0 Å². The third kappa shape index (κ3) is 2.84. The Labute approximate surface area is 114 Å². The van der Waals surface area contributed by atoms with Gasteiger partial charge in [0.25, 0.3) is 0 Å². The maximum Gasteiger partial charge on any atom is 0.157 e. The lowest BCUT2D eigenvalue weighted by Gasteiger charge is -2.39. The third-order valence-corrected chi connectivity index (χ3v) is 3.53. The number of halogens is 1. The minimum atomic E-state index is -1.22. The monoisotopic (exact) mass is 317 g/mol. The Balaban J connectivity index is 2.06. The number of aliphatic hydroxyl groups is 3. The van der Waals surface area contributed by atoms with E-state index in [2.05, 4.69) is 21.2 Å². The molecule has 0 amide bonds. The van der Waals surface area contributed by atoms with Crippen LogP contribution in [-0.2, 0) is 4.74 Å². The summed E-state index contributed by atoms with van der Waals surface area (Å²) in [4.78, 5) is 0. The van der Waals surface area contributed by atoms with Crippen molar-refractivity contribution in [3.8, 4) is 0 Å². The zero-order valence-corrected chi connectivity index (χ0v) is 11.4. The van der Waals surface area contributed by atoms with Crippen molar-refractivity contribution in [1.29, 1.82) is 0 Å². The third-order valence-electron chi connectivity index (χ3n) is 3.01. The summed E-state index contributed by atoms with van der Waals surface area (Å²) in [5.74, 6) is 0. The summed E-state index contributed by atoms with van der Waals surface area (Å²) in [5.41, 5.74) is 0.762. The Hall–Kier alpha value is -0.660. The molecule has 1 aliphatic rings. The number of rotatable bonds is 2. The average Bonchev–Trinajstić information content (AvgIpc) is 2.36. The molecule has 0 unspecified atom stereocenters. The van der Waals surface area contributed by atoms with Gasteiger partial charge >= 0.3 is 0 Å². The SMILES string of the molecule is C[C@@H]1O[C@@H](Nc2ccc(Br)cc2)[C@@H](O)[C@@H](O)[C@H]1O. The molecule has 18 heavy (non-hydrogen) atoms. The first kappa shape index (κ1) is 13.8. The van der Waals surface area contributed by atoms with Crippen molar-refractivity contribution in [2.45, 2.75) is 37.6 Å². The summed E-state index contributed by atoms with van der Waals surface area (Å²) in [6.45, 7) is 1.65. The molecule has 4 N–H and O–H groups in total. The second-order valence-electron chi connectivity index (χ2n) is 4.38. The van der Waals surface area contributed by atoms with Gasteiger partial charge in [-0.05, 0) is 31.2 Å². The molecule has 1 fully saturated rings. The van der Waals surface area contributed by atoms with Gasteiger partial charge in [-0.25, -0.2) is 0 Å². The predicted octanol–water partition coefficient (Wildman–Crippen LogP) is 0.688. The van der Waals surface area contributed by atoms with E-state index in [0.29, 0.717) is 0 Å². The van der Waals surface area contributed by atoms with Crippen LogP contribution in [0, 0.1) is 0 Å². The molecule has 1 saturated heterocycles. The smallest absolute Gasteiger partial charge is 0.157 e. The molecule has 1 aliphatic heterocycles. The molecule has 2 rings (SSSR count). The van der Waals surface area contributed by atoms with E-state index >= 15 is 0 Å². The lowest BCUT2D eigenvalue weighted by Crippen LogP contribution is -2.58. The summed E-state index contributed by atoms with van der Waals surface area (Å²) in [6.07, 6.45) is -4.78. The normalized spacial score (nSPS) is 36.4. The second kappa shape index (κ2) is 5.54. The molecule has 1 aromatic carbocycles. The average molecular weight is 318 g/mol. The molecule has 100 valence electrons. The first-order valence-corrected chi connectivity index (χ1v) is 6.50. The van der Waals surface area contributed by atoms with Crippen molar-refractivity contribution in [3.05, 3.63) is 28.7 Å². The van der Waals surface area contributed by atoms with Crippen molar-refractivity contribution in [3.63, 3.8) is 0 Å². The number of ether oxygens (including phenoxy) is 1. The van der Waals surface area contributed by atoms with E-state index in [0.717, 1.165) is 10.2 Å². The molecule has 1 aromatic rings. The van der Waals surface area contributed by atoms with Gasteiger partial charge in [0.15, 0.2) is 6.23 Å². The van der Waals surface area contributed by atoms with Gasteiger partial charge in [0.05, 0.1) is 6.10 Å². The van der Waals surface area contributed by atoms with Crippen LogP contribution in [0.4, 0.5) is 5.69 Å². The van der Waals surface area contributed by atoms with Gasteiger partial charge in [0, 0.05) is 10.2 Å². The van der Waals surface area contributed by atoms with E-state index in [1.165, 1.54) is 0 Å². The fourth-order valence-corrected chi connectivity index (χ4v) is 2.15. The summed E-state index contributed by atoms with van der Waals surface area (Å²) < 4.78 is 6.38. The lowest BCUT2D eigenvalue weighted by molar-refractivity contribution is -0.209. The van der Waals surface area contributed by atoms with Crippen molar-refractivity contribution in [2.24, 2.45) is 0 Å². The molecule has 5 atom stereocenters. The first-order chi connectivity index (χ1) is 8.49. The summed E-state index contributed by atoms with van der Waals surface area (Å²) in [7, 11) is 0. The number of hydrogen-bond acceptors (Lipinski definition) is 5. The predicted molar refractivity (Wildman–Crippen MR) is 70.1 cm³/mol. The van der Waals surface area contributed by atoms with Gasteiger partial charge in [-0.3, -0.25) is 0 Å².